The Hall–Kier alpha value is -2.62. The van der Waals surface area contributed by atoms with Gasteiger partial charge in [0.1, 0.15) is 0 Å². The maximum atomic E-state index is 4.58. The highest BCUT2D eigenvalue weighted by Crippen LogP contribution is 2.21. The van der Waals surface area contributed by atoms with Crippen LogP contribution in [0, 0.1) is 0 Å². The molecule has 0 radical (unpaired) electrons. The smallest absolute Gasteiger partial charge is 0.225 e. The number of aromatic nitrogens is 2. The molecule has 0 saturated carbocycles. The van der Waals surface area contributed by atoms with Crippen molar-refractivity contribution in [1.82, 2.24) is 9.55 Å². The molecule has 0 spiro atoms. The van der Waals surface area contributed by atoms with Gasteiger partial charge in [-0.2, -0.15) is 5.10 Å². The van der Waals surface area contributed by atoms with Crippen LogP contribution in [0.1, 0.15) is 12.5 Å². The summed E-state index contributed by atoms with van der Waals surface area (Å²) in [7, 11) is 0. The molecule has 0 saturated heterocycles. The minimum atomic E-state index is 0.758. The Labute approximate surface area is 117 Å². The van der Waals surface area contributed by atoms with Gasteiger partial charge in [-0.05, 0) is 24.6 Å². The van der Waals surface area contributed by atoms with Crippen molar-refractivity contribution in [2.24, 2.45) is 5.10 Å². The van der Waals surface area contributed by atoms with Crippen molar-refractivity contribution < 1.29 is 0 Å². The summed E-state index contributed by atoms with van der Waals surface area (Å²) in [5.74, 6) is 0.758. The first-order valence-corrected chi connectivity index (χ1v) is 6.61. The molecule has 4 nitrogen and oxygen atoms in total. The summed E-state index contributed by atoms with van der Waals surface area (Å²) in [6.45, 7) is 2.64. The zero-order valence-electron chi connectivity index (χ0n) is 11.3. The van der Waals surface area contributed by atoms with Crippen molar-refractivity contribution in [2.45, 2.75) is 13.5 Å². The average Bonchev–Trinajstić information content (AvgIpc) is 2.84. The van der Waals surface area contributed by atoms with E-state index in [1.807, 2.05) is 43.3 Å². The van der Waals surface area contributed by atoms with Gasteiger partial charge in [-0.1, -0.05) is 42.5 Å². The Kier molecular flexibility index (Phi) is 3.46. The zero-order chi connectivity index (χ0) is 13.8. The predicted molar refractivity (Wildman–Crippen MR) is 83.1 cm³/mol. The summed E-state index contributed by atoms with van der Waals surface area (Å²) >= 11 is 0. The Morgan fingerprint density at radius 3 is 2.65 bits per heavy atom. The van der Waals surface area contributed by atoms with E-state index >= 15 is 0 Å². The van der Waals surface area contributed by atoms with Crippen LogP contribution >= 0.6 is 0 Å². The van der Waals surface area contributed by atoms with Crippen molar-refractivity contribution in [2.75, 3.05) is 5.43 Å². The molecule has 1 heterocycles. The van der Waals surface area contributed by atoms with E-state index in [1.54, 1.807) is 6.21 Å². The lowest BCUT2D eigenvalue weighted by molar-refractivity contribution is 0.828. The number of anilines is 1. The predicted octanol–water partition coefficient (Wildman–Crippen LogP) is 3.50. The molecule has 0 fully saturated rings. The molecule has 3 aromatic rings. The highest BCUT2D eigenvalue weighted by atomic mass is 15.4. The fourth-order valence-electron chi connectivity index (χ4n) is 2.21. The van der Waals surface area contributed by atoms with Crippen LogP contribution in [0.25, 0.3) is 11.0 Å². The van der Waals surface area contributed by atoms with Gasteiger partial charge in [-0.15, -0.1) is 0 Å². The lowest BCUT2D eigenvalue weighted by Crippen LogP contribution is -2.04. The first-order chi connectivity index (χ1) is 9.88. The Morgan fingerprint density at radius 2 is 1.85 bits per heavy atom. The van der Waals surface area contributed by atoms with Crippen LogP contribution in [0.2, 0.25) is 0 Å². The second kappa shape index (κ2) is 5.57. The monoisotopic (exact) mass is 264 g/mol. The van der Waals surface area contributed by atoms with Crippen molar-refractivity contribution in [1.29, 1.82) is 0 Å². The lowest BCUT2D eigenvalue weighted by atomic mass is 10.2. The van der Waals surface area contributed by atoms with Gasteiger partial charge in [0.25, 0.3) is 0 Å². The van der Waals surface area contributed by atoms with E-state index in [2.05, 4.69) is 38.3 Å². The fraction of sp³-hybridized carbons (Fsp3) is 0.125. The summed E-state index contributed by atoms with van der Waals surface area (Å²) in [6, 6.07) is 18.5. The molecular formula is C16H16N4. The van der Waals surface area contributed by atoms with Gasteiger partial charge >= 0.3 is 0 Å². The molecule has 3 rings (SSSR count). The number of nitrogens with zero attached hydrogens (tertiary/aromatic N) is 3. The van der Waals surface area contributed by atoms with Crippen molar-refractivity contribution >= 4 is 23.2 Å². The Bertz CT molecular complexity index is 729. The summed E-state index contributed by atoms with van der Waals surface area (Å²) in [5.41, 5.74) is 6.30. The number of nitrogens with one attached hydrogen (secondary N) is 1. The maximum Gasteiger partial charge on any atom is 0.225 e. The molecule has 20 heavy (non-hydrogen) atoms. The summed E-state index contributed by atoms with van der Waals surface area (Å²) in [4.78, 5) is 4.58. The van der Waals surface area contributed by atoms with Crippen molar-refractivity contribution in [3.8, 4) is 0 Å². The number of hydrogen-bond donors (Lipinski definition) is 1. The molecule has 0 aliphatic carbocycles. The molecule has 100 valence electrons. The number of fused-ring (bicyclic) bond motifs is 1. The highest BCUT2D eigenvalue weighted by Gasteiger charge is 2.09. The second-order valence-electron chi connectivity index (χ2n) is 4.49. The van der Waals surface area contributed by atoms with Gasteiger partial charge in [-0.25, -0.2) is 10.4 Å². The molecule has 0 amide bonds. The molecule has 1 aromatic heterocycles. The van der Waals surface area contributed by atoms with Gasteiger partial charge in [0.2, 0.25) is 5.95 Å². The zero-order valence-corrected chi connectivity index (χ0v) is 11.3. The SMILES string of the molecule is C/C=N/Nc1nc2ccccc2n1Cc1ccccc1. The molecule has 0 atom stereocenters. The molecule has 4 heteroatoms. The van der Waals surface area contributed by atoms with E-state index in [0.29, 0.717) is 0 Å². The summed E-state index contributed by atoms with van der Waals surface area (Å²) < 4.78 is 2.14. The normalized spacial score (nSPS) is 11.2. The lowest BCUT2D eigenvalue weighted by Gasteiger charge is -2.08. The van der Waals surface area contributed by atoms with Gasteiger partial charge in [0.05, 0.1) is 17.6 Å². The third kappa shape index (κ3) is 2.40. The Morgan fingerprint density at radius 1 is 1.10 bits per heavy atom. The van der Waals surface area contributed by atoms with Crippen LogP contribution in [0.4, 0.5) is 5.95 Å². The van der Waals surface area contributed by atoms with E-state index in [-0.39, 0.29) is 0 Å². The molecular weight excluding hydrogens is 248 g/mol. The third-order valence-corrected chi connectivity index (χ3v) is 3.13. The van der Waals surface area contributed by atoms with Gasteiger partial charge in [-0.3, -0.25) is 0 Å². The molecule has 0 bridgehead atoms. The molecule has 0 aliphatic rings. The Balaban J connectivity index is 2.06. The quantitative estimate of drug-likeness (QED) is 0.579. The number of para-hydroxylation sites is 2. The van der Waals surface area contributed by atoms with Gasteiger partial charge < -0.3 is 4.57 Å². The van der Waals surface area contributed by atoms with E-state index in [1.165, 1.54) is 5.56 Å². The minimum absolute atomic E-state index is 0.758. The van der Waals surface area contributed by atoms with Crippen LogP contribution in [0.5, 0.6) is 0 Å². The van der Waals surface area contributed by atoms with E-state index in [4.69, 9.17) is 0 Å². The topological polar surface area (TPSA) is 42.2 Å². The maximum absolute atomic E-state index is 4.58. The summed E-state index contributed by atoms with van der Waals surface area (Å²) in [6.07, 6.45) is 1.71. The average molecular weight is 264 g/mol. The van der Waals surface area contributed by atoms with Crippen LogP contribution in [0.15, 0.2) is 59.7 Å². The molecule has 1 N–H and O–H groups in total. The fourth-order valence-corrected chi connectivity index (χ4v) is 2.21. The third-order valence-electron chi connectivity index (χ3n) is 3.13. The largest absolute Gasteiger partial charge is 0.304 e. The van der Waals surface area contributed by atoms with Gasteiger partial charge in [0, 0.05) is 6.21 Å². The number of hydrogen-bond acceptors (Lipinski definition) is 3. The molecule has 2 aromatic carbocycles. The number of imidazole rings is 1. The number of benzene rings is 2. The van der Waals surface area contributed by atoms with Crippen LogP contribution < -0.4 is 5.43 Å². The number of hydrazone groups is 1. The second-order valence-corrected chi connectivity index (χ2v) is 4.49. The van der Waals surface area contributed by atoms with Crippen molar-refractivity contribution in [3.63, 3.8) is 0 Å². The first-order valence-electron chi connectivity index (χ1n) is 6.61. The minimum Gasteiger partial charge on any atom is -0.304 e. The van der Waals surface area contributed by atoms with Crippen LogP contribution in [-0.4, -0.2) is 15.8 Å². The van der Waals surface area contributed by atoms with Crippen LogP contribution in [0.3, 0.4) is 0 Å². The van der Waals surface area contributed by atoms with E-state index in [9.17, 15) is 0 Å². The highest BCUT2D eigenvalue weighted by molar-refractivity contribution is 5.78. The number of rotatable bonds is 4. The van der Waals surface area contributed by atoms with Crippen molar-refractivity contribution in [3.05, 3.63) is 60.2 Å². The summed E-state index contributed by atoms with van der Waals surface area (Å²) in [5, 5.41) is 4.08. The first kappa shape index (κ1) is 12.4. The molecule has 0 aliphatic heterocycles. The van der Waals surface area contributed by atoms with Crippen LogP contribution in [-0.2, 0) is 6.54 Å². The van der Waals surface area contributed by atoms with Gasteiger partial charge in [0.15, 0.2) is 0 Å². The standard InChI is InChI=1S/C16H16N4/c1-2-17-19-16-18-14-10-6-7-11-15(14)20(16)12-13-8-4-3-5-9-13/h2-11H,12H2,1H3,(H,18,19)/b17-2+. The van der Waals surface area contributed by atoms with E-state index < -0.39 is 0 Å². The molecule has 0 unspecified atom stereocenters. The van der Waals surface area contributed by atoms with E-state index in [0.717, 1.165) is 23.5 Å².